The van der Waals surface area contributed by atoms with E-state index in [-0.39, 0.29) is 10.8 Å². The number of carbonyl (C=O) groups excluding carboxylic acids is 1. The molecule has 166 valence electrons. The summed E-state index contributed by atoms with van der Waals surface area (Å²) < 4.78 is 27.4. The molecule has 0 bridgehead atoms. The Morgan fingerprint density at radius 2 is 1.65 bits per heavy atom. The van der Waals surface area contributed by atoms with Crippen LogP contribution < -0.4 is 10.2 Å². The lowest BCUT2D eigenvalue weighted by Crippen LogP contribution is -2.46. The number of anilines is 1. The van der Waals surface area contributed by atoms with E-state index < -0.39 is 16.1 Å². The molecule has 4 rings (SSSR count). The minimum atomic E-state index is -3.69. The topological polar surface area (TPSA) is 73.0 Å². The second kappa shape index (κ2) is 9.38. The molecule has 0 aromatic heterocycles. The van der Waals surface area contributed by atoms with Crippen LogP contribution >= 0.6 is 0 Å². The first kappa shape index (κ1) is 21.8. The third-order valence-corrected chi connectivity index (χ3v) is 8.07. The van der Waals surface area contributed by atoms with Crippen molar-refractivity contribution in [3.63, 3.8) is 0 Å². The number of carbonyl (C=O) groups is 1. The summed E-state index contributed by atoms with van der Waals surface area (Å²) in [5.41, 5.74) is 2.19. The summed E-state index contributed by atoms with van der Waals surface area (Å²) in [6, 6.07) is 15.8. The maximum atomic E-state index is 13.0. The molecule has 1 atom stereocenters. The molecule has 7 nitrogen and oxygen atoms in total. The second-order valence-corrected chi connectivity index (χ2v) is 10.1. The van der Waals surface area contributed by atoms with Crippen LogP contribution in [0.4, 0.5) is 5.69 Å². The first-order valence-electron chi connectivity index (χ1n) is 10.8. The zero-order valence-corrected chi connectivity index (χ0v) is 18.7. The Kier molecular flexibility index (Phi) is 6.60. The highest BCUT2D eigenvalue weighted by atomic mass is 32.2. The monoisotopic (exact) mass is 442 g/mol. The molecule has 0 radical (unpaired) electrons. The Morgan fingerprint density at radius 3 is 2.39 bits per heavy atom. The summed E-state index contributed by atoms with van der Waals surface area (Å²) >= 11 is 0. The minimum Gasteiger partial charge on any atom is -0.369 e. The Bertz CT molecular complexity index is 1000. The number of nitrogens with zero attached hydrogens (tertiary/aromatic N) is 3. The molecule has 2 aliphatic heterocycles. The molecule has 2 heterocycles. The quantitative estimate of drug-likeness (QED) is 0.740. The van der Waals surface area contributed by atoms with Crippen LogP contribution in [0.25, 0.3) is 0 Å². The number of sulfonamides is 1. The molecular formula is C23H30N4O3S. The molecule has 1 amide bonds. The molecule has 2 saturated heterocycles. The second-order valence-electron chi connectivity index (χ2n) is 8.22. The first-order valence-corrected chi connectivity index (χ1v) is 12.3. The maximum Gasteiger partial charge on any atom is 0.243 e. The highest BCUT2D eigenvalue weighted by molar-refractivity contribution is 7.89. The summed E-state index contributed by atoms with van der Waals surface area (Å²) in [7, 11) is -1.56. The van der Waals surface area contributed by atoms with Crippen molar-refractivity contribution in [1.29, 1.82) is 0 Å². The highest BCUT2D eigenvalue weighted by Crippen LogP contribution is 2.27. The van der Waals surface area contributed by atoms with E-state index in [1.165, 1.54) is 4.31 Å². The Morgan fingerprint density at radius 1 is 0.968 bits per heavy atom. The van der Waals surface area contributed by atoms with Gasteiger partial charge in [-0.2, -0.15) is 4.31 Å². The lowest BCUT2D eigenvalue weighted by molar-refractivity contribution is -0.124. The average Bonchev–Trinajstić information content (AvgIpc) is 3.30. The summed E-state index contributed by atoms with van der Waals surface area (Å²) in [5.74, 6) is -0.231. The Balaban J connectivity index is 1.45. The average molecular weight is 443 g/mol. The third-order valence-electron chi connectivity index (χ3n) is 6.14. The Labute approximate surface area is 184 Å². The minimum absolute atomic E-state index is 0.231. The van der Waals surface area contributed by atoms with E-state index in [9.17, 15) is 13.2 Å². The van der Waals surface area contributed by atoms with Crippen LogP contribution in [0.5, 0.6) is 0 Å². The van der Waals surface area contributed by atoms with Crippen molar-refractivity contribution in [3.8, 4) is 0 Å². The van der Waals surface area contributed by atoms with Crippen LogP contribution in [0.1, 0.15) is 18.4 Å². The number of benzene rings is 2. The molecule has 0 spiro atoms. The van der Waals surface area contributed by atoms with Crippen molar-refractivity contribution < 1.29 is 13.2 Å². The number of amides is 1. The molecule has 2 aliphatic rings. The number of para-hydroxylation sites is 1. The van der Waals surface area contributed by atoms with E-state index in [1.807, 2.05) is 18.2 Å². The summed E-state index contributed by atoms with van der Waals surface area (Å²) in [5, 5.41) is 3.00. The summed E-state index contributed by atoms with van der Waals surface area (Å²) in [4.78, 5) is 17.9. The van der Waals surface area contributed by atoms with E-state index in [0.29, 0.717) is 25.9 Å². The number of hydrogen-bond acceptors (Lipinski definition) is 5. The van der Waals surface area contributed by atoms with Gasteiger partial charge in [0.15, 0.2) is 0 Å². The zero-order chi connectivity index (χ0) is 21.8. The molecule has 2 fully saturated rings. The summed E-state index contributed by atoms with van der Waals surface area (Å²) in [6.45, 7) is 4.68. The third kappa shape index (κ3) is 4.76. The largest absolute Gasteiger partial charge is 0.369 e. The van der Waals surface area contributed by atoms with Crippen molar-refractivity contribution >= 4 is 21.6 Å². The normalized spacial score (nSPS) is 20.7. The number of piperazine rings is 1. The molecule has 31 heavy (non-hydrogen) atoms. The predicted molar refractivity (Wildman–Crippen MR) is 121 cm³/mol. The lowest BCUT2D eigenvalue weighted by atomic mass is 10.1. The van der Waals surface area contributed by atoms with Crippen LogP contribution in [-0.4, -0.2) is 69.3 Å². The lowest BCUT2D eigenvalue weighted by Gasteiger charge is -2.35. The van der Waals surface area contributed by atoms with Gasteiger partial charge in [0.2, 0.25) is 15.9 Å². The first-order chi connectivity index (χ1) is 15.0. The number of likely N-dealkylation sites (N-methyl/N-ethyl adjacent to an activating group) is 1. The van der Waals surface area contributed by atoms with Crippen molar-refractivity contribution in [3.05, 3.63) is 60.2 Å². The molecule has 0 saturated carbocycles. The number of nitrogens with one attached hydrogen (secondary N) is 1. The van der Waals surface area contributed by atoms with Crippen LogP contribution in [0.15, 0.2) is 59.5 Å². The van der Waals surface area contributed by atoms with Gasteiger partial charge in [-0.1, -0.05) is 36.4 Å². The molecule has 8 heteroatoms. The van der Waals surface area contributed by atoms with Gasteiger partial charge >= 0.3 is 0 Å². The van der Waals surface area contributed by atoms with E-state index in [1.54, 1.807) is 30.3 Å². The van der Waals surface area contributed by atoms with Gasteiger partial charge in [-0.3, -0.25) is 4.79 Å². The van der Waals surface area contributed by atoms with E-state index in [2.05, 4.69) is 28.2 Å². The fraction of sp³-hybridized carbons (Fsp3) is 0.435. The van der Waals surface area contributed by atoms with Gasteiger partial charge < -0.3 is 15.1 Å². The van der Waals surface area contributed by atoms with Crippen LogP contribution in [0, 0.1) is 0 Å². The van der Waals surface area contributed by atoms with Crippen LogP contribution in [0.3, 0.4) is 0 Å². The smallest absolute Gasteiger partial charge is 0.243 e. The van der Waals surface area contributed by atoms with Crippen molar-refractivity contribution in [2.45, 2.75) is 30.3 Å². The molecule has 2 aromatic carbocycles. The van der Waals surface area contributed by atoms with Crippen LogP contribution in [-0.2, 0) is 21.4 Å². The van der Waals surface area contributed by atoms with Crippen molar-refractivity contribution in [2.24, 2.45) is 0 Å². The van der Waals surface area contributed by atoms with Gasteiger partial charge in [-0.25, -0.2) is 8.42 Å². The fourth-order valence-corrected chi connectivity index (χ4v) is 6.01. The fourth-order valence-electron chi connectivity index (χ4n) is 4.33. The SMILES string of the molecule is CN1CCN(c2ccccc2CNC(=O)C2CCCN2S(=O)(=O)c2ccccc2)CC1. The van der Waals surface area contributed by atoms with Gasteiger partial charge in [0, 0.05) is 45.0 Å². The van der Waals surface area contributed by atoms with Crippen molar-refractivity contribution in [2.75, 3.05) is 44.7 Å². The highest BCUT2D eigenvalue weighted by Gasteiger charge is 2.39. The number of hydrogen-bond donors (Lipinski definition) is 1. The maximum absolute atomic E-state index is 13.0. The Hall–Kier alpha value is -2.42. The van der Waals surface area contributed by atoms with Gasteiger partial charge in [-0.05, 0) is 43.7 Å². The summed E-state index contributed by atoms with van der Waals surface area (Å²) in [6.07, 6.45) is 1.22. The van der Waals surface area contributed by atoms with Gasteiger partial charge in [0.1, 0.15) is 6.04 Å². The van der Waals surface area contributed by atoms with E-state index in [4.69, 9.17) is 0 Å². The van der Waals surface area contributed by atoms with E-state index >= 15 is 0 Å². The molecular weight excluding hydrogens is 412 g/mol. The predicted octanol–water partition coefficient (Wildman–Crippen LogP) is 1.91. The van der Waals surface area contributed by atoms with Gasteiger partial charge in [0.05, 0.1) is 4.90 Å². The molecule has 1 N–H and O–H groups in total. The van der Waals surface area contributed by atoms with E-state index in [0.717, 1.165) is 37.4 Å². The standard InChI is InChI=1S/C23H30N4O3S/c1-25-14-16-26(17-15-25)21-11-6-5-8-19(21)18-24-23(28)22-12-7-13-27(22)31(29,30)20-9-3-2-4-10-20/h2-6,8-11,22H,7,12-18H2,1H3,(H,24,28). The van der Waals surface area contributed by atoms with Crippen LogP contribution in [0.2, 0.25) is 0 Å². The molecule has 0 aliphatic carbocycles. The molecule has 2 aromatic rings. The van der Waals surface area contributed by atoms with Gasteiger partial charge in [0.25, 0.3) is 0 Å². The number of rotatable bonds is 6. The zero-order valence-electron chi connectivity index (χ0n) is 17.9. The molecule has 1 unspecified atom stereocenters. The van der Waals surface area contributed by atoms with Crippen molar-refractivity contribution in [1.82, 2.24) is 14.5 Å². The van der Waals surface area contributed by atoms with Gasteiger partial charge in [-0.15, -0.1) is 0 Å².